The molecule has 0 unspecified atom stereocenters. The average molecular weight is 465 g/mol. The van der Waals surface area contributed by atoms with Crippen LogP contribution in [0.25, 0.3) is 11.3 Å². The van der Waals surface area contributed by atoms with E-state index in [0.717, 1.165) is 17.7 Å². The molecule has 2 N–H and O–H groups in total. The summed E-state index contributed by atoms with van der Waals surface area (Å²) in [7, 11) is 0. The Bertz CT molecular complexity index is 1320. The van der Waals surface area contributed by atoms with Crippen LogP contribution in [0.2, 0.25) is 0 Å². The van der Waals surface area contributed by atoms with Crippen LogP contribution in [0, 0.1) is 0 Å². The summed E-state index contributed by atoms with van der Waals surface area (Å²) in [6.07, 6.45) is -1.45. The number of carbonyl (C=O) groups excluding carboxylic acids is 2. The van der Waals surface area contributed by atoms with Crippen LogP contribution < -0.4 is 10.6 Å². The molecule has 0 fully saturated rings. The Labute approximate surface area is 192 Å². The van der Waals surface area contributed by atoms with E-state index in [1.807, 2.05) is 0 Å². The van der Waals surface area contributed by atoms with Crippen molar-refractivity contribution in [2.45, 2.75) is 12.7 Å². The second kappa shape index (κ2) is 9.62. The van der Waals surface area contributed by atoms with Crippen LogP contribution in [0.1, 0.15) is 32.0 Å². The Hall–Kier alpha value is -4.40. The minimum atomic E-state index is -4.48. The third-order valence-electron chi connectivity index (χ3n) is 4.87. The van der Waals surface area contributed by atoms with Crippen molar-refractivity contribution in [3.63, 3.8) is 0 Å². The zero-order valence-electron chi connectivity index (χ0n) is 17.6. The molecular weight excluding hydrogens is 447 g/mol. The molecule has 0 bridgehead atoms. The standard InChI is InChI=1S/C25H18F3N3O3/c26-25(27,28)19-7-2-5-17(13-19)21-9-10-22(34-21)24(33)30-14-16-4-1-8-20(12-16)31-23(32)18-6-3-11-29-15-18/h1-13,15H,14H2,(H,30,33)(H,31,32). The summed E-state index contributed by atoms with van der Waals surface area (Å²) in [5, 5.41) is 5.46. The molecule has 0 atom stereocenters. The molecule has 2 aromatic heterocycles. The van der Waals surface area contributed by atoms with Gasteiger partial charge in [-0.1, -0.05) is 24.3 Å². The van der Waals surface area contributed by atoms with Gasteiger partial charge in [-0.3, -0.25) is 14.6 Å². The summed E-state index contributed by atoms with van der Waals surface area (Å²) >= 11 is 0. The van der Waals surface area contributed by atoms with E-state index in [0.29, 0.717) is 11.3 Å². The topological polar surface area (TPSA) is 84.2 Å². The Kier molecular flexibility index (Phi) is 6.44. The number of amides is 2. The van der Waals surface area contributed by atoms with E-state index in [1.165, 1.54) is 30.5 Å². The number of nitrogens with zero attached hydrogens (tertiary/aromatic N) is 1. The molecule has 172 valence electrons. The van der Waals surface area contributed by atoms with Crippen LogP contribution in [-0.4, -0.2) is 16.8 Å². The summed E-state index contributed by atoms with van der Waals surface area (Å²) in [6, 6.07) is 17.8. The average Bonchev–Trinajstić information content (AvgIpc) is 3.33. The zero-order chi connectivity index (χ0) is 24.1. The summed E-state index contributed by atoms with van der Waals surface area (Å²) < 4.78 is 44.3. The maximum atomic E-state index is 12.9. The van der Waals surface area contributed by atoms with Crippen molar-refractivity contribution >= 4 is 17.5 Å². The quantitative estimate of drug-likeness (QED) is 0.392. The molecule has 0 aliphatic carbocycles. The Morgan fingerprint density at radius 2 is 1.74 bits per heavy atom. The number of rotatable bonds is 6. The highest BCUT2D eigenvalue weighted by molar-refractivity contribution is 6.04. The smallest absolute Gasteiger partial charge is 0.416 e. The van der Waals surface area contributed by atoms with E-state index < -0.39 is 17.6 Å². The van der Waals surface area contributed by atoms with E-state index in [1.54, 1.807) is 42.6 Å². The third kappa shape index (κ3) is 5.50. The first kappa shape index (κ1) is 22.8. The molecule has 4 aromatic rings. The Balaban J connectivity index is 1.39. The number of hydrogen-bond donors (Lipinski definition) is 2. The van der Waals surface area contributed by atoms with Gasteiger partial charge in [-0.15, -0.1) is 0 Å². The van der Waals surface area contributed by atoms with Crippen molar-refractivity contribution in [1.82, 2.24) is 10.3 Å². The van der Waals surface area contributed by atoms with Gasteiger partial charge in [0.25, 0.3) is 11.8 Å². The highest BCUT2D eigenvalue weighted by atomic mass is 19.4. The predicted molar refractivity (Wildman–Crippen MR) is 119 cm³/mol. The fraction of sp³-hybridized carbons (Fsp3) is 0.0800. The zero-order valence-corrected chi connectivity index (χ0v) is 17.6. The molecule has 34 heavy (non-hydrogen) atoms. The van der Waals surface area contributed by atoms with Crippen LogP contribution in [0.15, 0.2) is 89.6 Å². The van der Waals surface area contributed by atoms with E-state index >= 15 is 0 Å². The van der Waals surface area contributed by atoms with Crippen molar-refractivity contribution in [1.29, 1.82) is 0 Å². The number of pyridine rings is 1. The van der Waals surface area contributed by atoms with Gasteiger partial charge >= 0.3 is 6.18 Å². The van der Waals surface area contributed by atoms with Crippen LogP contribution >= 0.6 is 0 Å². The van der Waals surface area contributed by atoms with Crippen molar-refractivity contribution in [2.75, 3.05) is 5.32 Å². The molecule has 2 aromatic carbocycles. The lowest BCUT2D eigenvalue weighted by molar-refractivity contribution is -0.137. The first-order valence-corrected chi connectivity index (χ1v) is 10.2. The molecule has 0 saturated carbocycles. The number of hydrogen-bond acceptors (Lipinski definition) is 4. The van der Waals surface area contributed by atoms with Gasteiger partial charge in [0.2, 0.25) is 0 Å². The number of anilines is 1. The van der Waals surface area contributed by atoms with Gasteiger partial charge in [0.1, 0.15) is 5.76 Å². The predicted octanol–water partition coefficient (Wildman–Crippen LogP) is 5.54. The fourth-order valence-electron chi connectivity index (χ4n) is 3.19. The lowest BCUT2D eigenvalue weighted by Crippen LogP contribution is -2.22. The summed E-state index contributed by atoms with van der Waals surface area (Å²) in [5.74, 6) is -0.722. The SMILES string of the molecule is O=C(Nc1cccc(CNC(=O)c2ccc(-c3cccc(C(F)(F)F)c3)o2)c1)c1cccnc1. The number of alkyl halides is 3. The van der Waals surface area contributed by atoms with Gasteiger partial charge in [0.15, 0.2) is 5.76 Å². The summed E-state index contributed by atoms with van der Waals surface area (Å²) in [6.45, 7) is 0.148. The molecule has 0 aliphatic rings. The molecule has 0 aliphatic heterocycles. The van der Waals surface area contributed by atoms with Gasteiger partial charge < -0.3 is 15.1 Å². The summed E-state index contributed by atoms with van der Waals surface area (Å²) in [4.78, 5) is 28.7. The Morgan fingerprint density at radius 3 is 2.50 bits per heavy atom. The maximum absolute atomic E-state index is 12.9. The van der Waals surface area contributed by atoms with Gasteiger partial charge in [-0.05, 0) is 54.1 Å². The van der Waals surface area contributed by atoms with E-state index in [2.05, 4.69) is 15.6 Å². The van der Waals surface area contributed by atoms with Crippen LogP contribution in [0.3, 0.4) is 0 Å². The second-order valence-electron chi connectivity index (χ2n) is 7.32. The van der Waals surface area contributed by atoms with Crippen LogP contribution in [0.4, 0.5) is 18.9 Å². The largest absolute Gasteiger partial charge is 0.451 e. The maximum Gasteiger partial charge on any atom is 0.416 e. The number of benzene rings is 2. The van der Waals surface area contributed by atoms with Gasteiger partial charge in [-0.2, -0.15) is 13.2 Å². The molecule has 0 saturated heterocycles. The van der Waals surface area contributed by atoms with Gasteiger partial charge in [-0.25, -0.2) is 0 Å². The first-order valence-electron chi connectivity index (χ1n) is 10.2. The summed E-state index contributed by atoms with van der Waals surface area (Å²) in [5.41, 5.74) is 1.09. The van der Waals surface area contributed by atoms with Crippen LogP contribution in [-0.2, 0) is 12.7 Å². The fourth-order valence-corrected chi connectivity index (χ4v) is 3.19. The molecular formula is C25H18F3N3O3. The minimum Gasteiger partial charge on any atom is -0.451 e. The molecule has 0 radical (unpaired) electrons. The molecule has 4 rings (SSSR count). The molecule has 2 heterocycles. The van der Waals surface area contributed by atoms with E-state index in [4.69, 9.17) is 4.42 Å². The lowest BCUT2D eigenvalue weighted by atomic mass is 10.1. The lowest BCUT2D eigenvalue weighted by Gasteiger charge is -2.08. The highest BCUT2D eigenvalue weighted by Crippen LogP contribution is 2.32. The van der Waals surface area contributed by atoms with Crippen molar-refractivity contribution in [3.8, 4) is 11.3 Å². The molecule has 9 heteroatoms. The number of halogens is 3. The monoisotopic (exact) mass is 465 g/mol. The number of nitrogens with one attached hydrogen (secondary N) is 2. The van der Waals surface area contributed by atoms with Crippen molar-refractivity contribution in [2.24, 2.45) is 0 Å². The normalized spacial score (nSPS) is 11.1. The first-order chi connectivity index (χ1) is 16.3. The van der Waals surface area contributed by atoms with Crippen molar-refractivity contribution in [3.05, 3.63) is 108 Å². The van der Waals surface area contributed by atoms with Gasteiger partial charge in [0, 0.05) is 30.2 Å². The number of aromatic nitrogens is 1. The number of furan rings is 1. The van der Waals surface area contributed by atoms with E-state index in [-0.39, 0.29) is 29.5 Å². The van der Waals surface area contributed by atoms with E-state index in [9.17, 15) is 22.8 Å². The van der Waals surface area contributed by atoms with Crippen LogP contribution in [0.5, 0.6) is 0 Å². The van der Waals surface area contributed by atoms with Gasteiger partial charge in [0.05, 0.1) is 11.1 Å². The highest BCUT2D eigenvalue weighted by Gasteiger charge is 2.30. The second-order valence-corrected chi connectivity index (χ2v) is 7.32. The Morgan fingerprint density at radius 1 is 0.912 bits per heavy atom. The molecule has 2 amide bonds. The number of carbonyl (C=O) groups is 2. The molecule has 0 spiro atoms. The third-order valence-corrected chi connectivity index (χ3v) is 4.87. The van der Waals surface area contributed by atoms with Crippen molar-refractivity contribution < 1.29 is 27.2 Å². The molecule has 6 nitrogen and oxygen atoms in total. The minimum absolute atomic E-state index is 0.0338.